The van der Waals surface area contributed by atoms with Gasteiger partial charge in [-0.05, 0) is 55.3 Å². The van der Waals surface area contributed by atoms with E-state index in [0.717, 1.165) is 26.1 Å². The van der Waals surface area contributed by atoms with Crippen LogP contribution in [0.5, 0.6) is 0 Å². The van der Waals surface area contributed by atoms with Gasteiger partial charge in [0.2, 0.25) is 5.91 Å². The van der Waals surface area contributed by atoms with Crippen molar-refractivity contribution in [2.24, 2.45) is 0 Å². The number of benzene rings is 1. The van der Waals surface area contributed by atoms with Crippen molar-refractivity contribution in [1.29, 1.82) is 0 Å². The topological polar surface area (TPSA) is 25.2 Å². The van der Waals surface area contributed by atoms with E-state index in [1.54, 1.807) is 0 Å². The van der Waals surface area contributed by atoms with E-state index in [2.05, 4.69) is 42.0 Å². The molecule has 0 radical (unpaired) electrons. The summed E-state index contributed by atoms with van der Waals surface area (Å²) >= 11 is 0. The van der Waals surface area contributed by atoms with Gasteiger partial charge in [-0.25, -0.2) is 0 Å². The SMILES string of the molecule is CCn1ccc2cc(CCC(=O)N3CCCC3)ccc21. The van der Waals surface area contributed by atoms with Crippen molar-refractivity contribution in [3.8, 4) is 0 Å². The highest BCUT2D eigenvalue weighted by Gasteiger charge is 2.17. The molecular formula is C17H22N2O. The van der Waals surface area contributed by atoms with Crippen LogP contribution in [0.3, 0.4) is 0 Å². The van der Waals surface area contributed by atoms with Gasteiger partial charge in [-0.2, -0.15) is 0 Å². The van der Waals surface area contributed by atoms with E-state index in [0.29, 0.717) is 12.3 Å². The largest absolute Gasteiger partial charge is 0.348 e. The van der Waals surface area contributed by atoms with Crippen molar-refractivity contribution < 1.29 is 4.79 Å². The lowest BCUT2D eigenvalue weighted by atomic mass is 10.1. The molecule has 1 aliphatic heterocycles. The zero-order chi connectivity index (χ0) is 13.9. The lowest BCUT2D eigenvalue weighted by Gasteiger charge is -2.14. The number of carbonyl (C=O) groups excluding carboxylic acids is 1. The van der Waals surface area contributed by atoms with Gasteiger partial charge in [-0.15, -0.1) is 0 Å². The van der Waals surface area contributed by atoms with Crippen LogP contribution in [0.1, 0.15) is 31.7 Å². The van der Waals surface area contributed by atoms with Crippen LogP contribution in [-0.4, -0.2) is 28.5 Å². The van der Waals surface area contributed by atoms with E-state index >= 15 is 0 Å². The monoisotopic (exact) mass is 270 g/mol. The second-order valence-electron chi connectivity index (χ2n) is 5.58. The van der Waals surface area contributed by atoms with E-state index in [1.165, 1.54) is 29.3 Å². The van der Waals surface area contributed by atoms with Gasteiger partial charge in [0.15, 0.2) is 0 Å². The van der Waals surface area contributed by atoms with E-state index in [1.807, 2.05) is 4.90 Å². The molecule has 1 amide bonds. The van der Waals surface area contributed by atoms with E-state index in [4.69, 9.17) is 0 Å². The third-order valence-electron chi connectivity index (χ3n) is 4.26. The maximum Gasteiger partial charge on any atom is 0.222 e. The summed E-state index contributed by atoms with van der Waals surface area (Å²) in [4.78, 5) is 14.1. The number of aromatic nitrogens is 1. The Morgan fingerprint density at radius 2 is 2.00 bits per heavy atom. The van der Waals surface area contributed by atoms with Gasteiger partial charge in [-0.1, -0.05) is 6.07 Å². The van der Waals surface area contributed by atoms with Crippen LogP contribution < -0.4 is 0 Å². The lowest BCUT2D eigenvalue weighted by Crippen LogP contribution is -2.27. The molecule has 0 atom stereocenters. The van der Waals surface area contributed by atoms with Gasteiger partial charge in [0, 0.05) is 37.8 Å². The first-order valence-corrected chi connectivity index (χ1v) is 7.63. The molecular weight excluding hydrogens is 248 g/mol. The standard InChI is InChI=1S/C17H22N2O/c1-2-18-12-9-15-13-14(5-7-16(15)18)6-8-17(20)19-10-3-4-11-19/h5,7,9,12-13H,2-4,6,8,10-11H2,1H3. The van der Waals surface area contributed by atoms with Crippen LogP contribution in [0.15, 0.2) is 30.5 Å². The first-order chi connectivity index (χ1) is 9.78. The Bertz CT molecular complexity index is 608. The zero-order valence-corrected chi connectivity index (χ0v) is 12.1. The molecule has 0 saturated carbocycles. The van der Waals surface area contributed by atoms with Crippen LogP contribution in [0.25, 0.3) is 10.9 Å². The number of nitrogens with zero attached hydrogens (tertiary/aromatic N) is 2. The molecule has 106 valence electrons. The molecule has 0 N–H and O–H groups in total. The van der Waals surface area contributed by atoms with Crippen LogP contribution >= 0.6 is 0 Å². The minimum Gasteiger partial charge on any atom is -0.348 e. The van der Waals surface area contributed by atoms with Crippen LogP contribution in [-0.2, 0) is 17.8 Å². The number of fused-ring (bicyclic) bond motifs is 1. The van der Waals surface area contributed by atoms with Crippen LogP contribution in [0.4, 0.5) is 0 Å². The molecule has 2 aromatic rings. The fourth-order valence-electron chi connectivity index (χ4n) is 3.06. The summed E-state index contributed by atoms with van der Waals surface area (Å²) in [7, 11) is 0. The summed E-state index contributed by atoms with van der Waals surface area (Å²) in [5, 5.41) is 1.28. The number of rotatable bonds is 4. The molecule has 1 aromatic carbocycles. The summed E-state index contributed by atoms with van der Waals surface area (Å²) in [5.41, 5.74) is 2.54. The second kappa shape index (κ2) is 5.70. The normalized spacial score (nSPS) is 15.2. The summed E-state index contributed by atoms with van der Waals surface area (Å²) in [6.45, 7) is 5.06. The number of hydrogen-bond donors (Lipinski definition) is 0. The summed E-state index contributed by atoms with van der Waals surface area (Å²) in [6, 6.07) is 8.71. The molecule has 0 bridgehead atoms. The van der Waals surface area contributed by atoms with Gasteiger partial charge in [0.05, 0.1) is 0 Å². The van der Waals surface area contributed by atoms with E-state index in [-0.39, 0.29) is 0 Å². The van der Waals surface area contributed by atoms with Crippen LogP contribution in [0.2, 0.25) is 0 Å². The average molecular weight is 270 g/mol. The Morgan fingerprint density at radius 1 is 1.20 bits per heavy atom. The number of amides is 1. The quantitative estimate of drug-likeness (QED) is 0.837. The van der Waals surface area contributed by atoms with Crippen molar-refractivity contribution >= 4 is 16.8 Å². The van der Waals surface area contributed by atoms with Crippen molar-refractivity contribution in [1.82, 2.24) is 9.47 Å². The van der Waals surface area contributed by atoms with Gasteiger partial charge in [0.1, 0.15) is 0 Å². The predicted octanol–water partition coefficient (Wildman–Crippen LogP) is 3.22. The molecule has 0 spiro atoms. The minimum absolute atomic E-state index is 0.314. The lowest BCUT2D eigenvalue weighted by molar-refractivity contribution is -0.130. The third-order valence-corrected chi connectivity index (χ3v) is 4.26. The Morgan fingerprint density at radius 3 is 2.75 bits per heavy atom. The number of carbonyl (C=O) groups is 1. The number of aryl methyl sites for hydroxylation is 2. The second-order valence-corrected chi connectivity index (χ2v) is 5.58. The van der Waals surface area contributed by atoms with Gasteiger partial charge in [0.25, 0.3) is 0 Å². The highest BCUT2D eigenvalue weighted by Crippen LogP contribution is 2.19. The smallest absolute Gasteiger partial charge is 0.222 e. The minimum atomic E-state index is 0.314. The molecule has 1 saturated heterocycles. The van der Waals surface area contributed by atoms with Crippen molar-refractivity contribution in [3.63, 3.8) is 0 Å². The first-order valence-electron chi connectivity index (χ1n) is 7.63. The van der Waals surface area contributed by atoms with Crippen molar-refractivity contribution in [3.05, 3.63) is 36.0 Å². The van der Waals surface area contributed by atoms with Crippen LogP contribution in [0, 0.1) is 0 Å². The molecule has 3 heteroatoms. The molecule has 1 fully saturated rings. The third kappa shape index (κ3) is 2.58. The number of hydrogen-bond acceptors (Lipinski definition) is 1. The zero-order valence-electron chi connectivity index (χ0n) is 12.1. The maximum atomic E-state index is 12.1. The molecule has 2 heterocycles. The highest BCUT2D eigenvalue weighted by molar-refractivity contribution is 5.81. The first kappa shape index (κ1) is 13.2. The fourth-order valence-corrected chi connectivity index (χ4v) is 3.06. The van der Waals surface area contributed by atoms with Crippen molar-refractivity contribution in [2.45, 2.75) is 39.2 Å². The van der Waals surface area contributed by atoms with Crippen molar-refractivity contribution in [2.75, 3.05) is 13.1 Å². The predicted molar refractivity (Wildman–Crippen MR) is 81.7 cm³/mol. The van der Waals surface area contributed by atoms with Gasteiger partial charge < -0.3 is 9.47 Å². The highest BCUT2D eigenvalue weighted by atomic mass is 16.2. The molecule has 1 aromatic heterocycles. The average Bonchev–Trinajstić information content (AvgIpc) is 3.13. The molecule has 3 nitrogen and oxygen atoms in total. The Balaban J connectivity index is 1.66. The van der Waals surface area contributed by atoms with Gasteiger partial charge in [-0.3, -0.25) is 4.79 Å². The Hall–Kier alpha value is -1.77. The molecule has 3 rings (SSSR count). The van der Waals surface area contributed by atoms with E-state index < -0.39 is 0 Å². The molecule has 20 heavy (non-hydrogen) atoms. The summed E-state index contributed by atoms with van der Waals surface area (Å²) in [5.74, 6) is 0.314. The summed E-state index contributed by atoms with van der Waals surface area (Å²) < 4.78 is 2.24. The Labute approximate surface area is 120 Å². The molecule has 0 unspecified atom stereocenters. The molecule has 1 aliphatic rings. The molecule has 0 aliphatic carbocycles. The maximum absolute atomic E-state index is 12.1. The Kier molecular flexibility index (Phi) is 3.77. The number of likely N-dealkylation sites (tertiary alicyclic amines) is 1. The van der Waals surface area contributed by atoms with Gasteiger partial charge >= 0.3 is 0 Å². The summed E-state index contributed by atoms with van der Waals surface area (Å²) in [6.07, 6.45) is 5.96. The van der Waals surface area contributed by atoms with E-state index in [9.17, 15) is 4.79 Å². The fraction of sp³-hybridized carbons (Fsp3) is 0.471.